The molecule has 0 aromatic carbocycles. The smallest absolute Gasteiger partial charge is 0.326 e. The molecule has 0 radical (unpaired) electrons. The van der Waals surface area contributed by atoms with E-state index in [9.17, 15) is 4.79 Å². The van der Waals surface area contributed by atoms with Gasteiger partial charge < -0.3 is 9.47 Å². The van der Waals surface area contributed by atoms with Crippen LogP contribution in [-0.4, -0.2) is 25.8 Å². The van der Waals surface area contributed by atoms with E-state index in [2.05, 4.69) is 0 Å². The number of carbonyl (C=O) groups excluding carboxylic acids is 1. The van der Waals surface area contributed by atoms with Crippen LogP contribution in [0.25, 0.3) is 0 Å². The summed E-state index contributed by atoms with van der Waals surface area (Å²) >= 11 is 0. The van der Waals surface area contributed by atoms with E-state index >= 15 is 0 Å². The van der Waals surface area contributed by atoms with E-state index in [0.717, 1.165) is 0 Å². The summed E-state index contributed by atoms with van der Waals surface area (Å²) in [5.41, 5.74) is -1.03. The first-order valence-electron chi connectivity index (χ1n) is 5.27. The summed E-state index contributed by atoms with van der Waals surface area (Å²) in [4.78, 5) is 11.5. The van der Waals surface area contributed by atoms with Gasteiger partial charge in [0.1, 0.15) is 0 Å². The van der Waals surface area contributed by atoms with Crippen molar-refractivity contribution in [2.75, 3.05) is 19.8 Å². The lowest BCUT2D eigenvalue weighted by Crippen LogP contribution is -2.28. The molecule has 0 amide bonds. The lowest BCUT2D eigenvalue weighted by atomic mass is 9.87. The summed E-state index contributed by atoms with van der Waals surface area (Å²) in [5.74, 6) is -0.441. The van der Waals surface area contributed by atoms with E-state index in [1.165, 1.54) is 0 Å². The Kier molecular flexibility index (Phi) is 6.72. The molecule has 1 atom stereocenters. The van der Waals surface area contributed by atoms with Gasteiger partial charge in [-0.15, -0.1) is 0 Å². The molecule has 0 saturated heterocycles. The Hall–Kier alpha value is -1.08. The van der Waals surface area contributed by atoms with Crippen LogP contribution < -0.4 is 0 Å². The largest absolute Gasteiger partial charge is 0.465 e. The van der Waals surface area contributed by atoms with E-state index in [4.69, 9.17) is 14.7 Å². The average molecular weight is 213 g/mol. The average Bonchev–Trinajstić information content (AvgIpc) is 2.24. The number of hydrogen-bond donors (Lipinski definition) is 0. The second kappa shape index (κ2) is 7.24. The topological polar surface area (TPSA) is 59.3 Å². The molecule has 0 fully saturated rings. The fraction of sp³-hybridized carbons (Fsp3) is 0.818. The van der Waals surface area contributed by atoms with Crippen molar-refractivity contribution in [2.24, 2.45) is 5.41 Å². The predicted octanol–water partition coefficient (Wildman–Crippen LogP) is 1.90. The number of hydrogen-bond acceptors (Lipinski definition) is 4. The standard InChI is InChI=1S/C11H19NO3/c1-4-14-8-6-7-11(3,9-12)10(13)15-5-2/h4-8H2,1-3H3. The number of esters is 1. The maximum absolute atomic E-state index is 11.5. The van der Waals surface area contributed by atoms with E-state index in [1.54, 1.807) is 13.8 Å². The van der Waals surface area contributed by atoms with Crippen LogP contribution in [-0.2, 0) is 14.3 Å². The van der Waals surface area contributed by atoms with Crippen LogP contribution in [0.15, 0.2) is 0 Å². The maximum atomic E-state index is 11.5. The van der Waals surface area contributed by atoms with Gasteiger partial charge in [-0.2, -0.15) is 5.26 Å². The Morgan fingerprint density at radius 1 is 1.40 bits per heavy atom. The summed E-state index contributed by atoms with van der Waals surface area (Å²) in [6.45, 7) is 6.79. The second-order valence-corrected chi connectivity index (χ2v) is 3.46. The molecule has 15 heavy (non-hydrogen) atoms. The summed E-state index contributed by atoms with van der Waals surface area (Å²) in [7, 11) is 0. The van der Waals surface area contributed by atoms with Crippen LogP contribution >= 0.6 is 0 Å². The van der Waals surface area contributed by atoms with Gasteiger partial charge in [0.25, 0.3) is 0 Å². The van der Waals surface area contributed by atoms with Crippen LogP contribution in [0.5, 0.6) is 0 Å². The third-order valence-corrected chi connectivity index (χ3v) is 2.14. The molecular formula is C11H19NO3. The van der Waals surface area contributed by atoms with Crippen molar-refractivity contribution in [1.29, 1.82) is 5.26 Å². The molecule has 0 aromatic heterocycles. The van der Waals surface area contributed by atoms with Gasteiger partial charge in [0, 0.05) is 13.2 Å². The van der Waals surface area contributed by atoms with Crippen LogP contribution in [0.1, 0.15) is 33.6 Å². The zero-order valence-corrected chi connectivity index (χ0v) is 9.71. The molecule has 0 aliphatic carbocycles. The minimum atomic E-state index is -1.03. The van der Waals surface area contributed by atoms with E-state index in [0.29, 0.717) is 32.7 Å². The summed E-state index contributed by atoms with van der Waals surface area (Å²) < 4.78 is 10.0. The molecule has 4 nitrogen and oxygen atoms in total. The van der Waals surface area contributed by atoms with E-state index in [-0.39, 0.29) is 0 Å². The van der Waals surface area contributed by atoms with E-state index < -0.39 is 11.4 Å². The molecule has 4 heteroatoms. The zero-order valence-electron chi connectivity index (χ0n) is 9.71. The molecule has 86 valence electrons. The highest BCUT2D eigenvalue weighted by Crippen LogP contribution is 2.24. The number of nitrogens with zero attached hydrogens (tertiary/aromatic N) is 1. The Bertz CT molecular complexity index is 234. The predicted molar refractivity (Wildman–Crippen MR) is 56.1 cm³/mol. The Morgan fingerprint density at radius 2 is 2.07 bits per heavy atom. The molecule has 0 aliphatic heterocycles. The summed E-state index contributed by atoms with van der Waals surface area (Å²) in [6.07, 6.45) is 1.17. The Morgan fingerprint density at radius 3 is 2.53 bits per heavy atom. The van der Waals surface area contributed by atoms with E-state index in [1.807, 2.05) is 13.0 Å². The van der Waals surface area contributed by atoms with Crippen LogP contribution in [0.3, 0.4) is 0 Å². The van der Waals surface area contributed by atoms with Crippen molar-refractivity contribution in [3.8, 4) is 6.07 Å². The Balaban J connectivity index is 4.08. The minimum Gasteiger partial charge on any atom is -0.465 e. The van der Waals surface area contributed by atoms with Gasteiger partial charge in [-0.05, 0) is 33.6 Å². The highest BCUT2D eigenvalue weighted by atomic mass is 16.5. The van der Waals surface area contributed by atoms with Gasteiger partial charge >= 0.3 is 5.97 Å². The van der Waals surface area contributed by atoms with Gasteiger partial charge in [0.15, 0.2) is 5.41 Å². The van der Waals surface area contributed by atoms with Crippen LogP contribution in [0.4, 0.5) is 0 Å². The summed E-state index contributed by atoms with van der Waals surface area (Å²) in [6, 6.07) is 2.01. The minimum absolute atomic E-state index is 0.307. The van der Waals surface area contributed by atoms with Crippen molar-refractivity contribution in [1.82, 2.24) is 0 Å². The van der Waals surface area contributed by atoms with Gasteiger partial charge in [-0.1, -0.05) is 0 Å². The molecular weight excluding hydrogens is 194 g/mol. The van der Waals surface area contributed by atoms with Crippen molar-refractivity contribution in [2.45, 2.75) is 33.6 Å². The molecule has 1 unspecified atom stereocenters. The fourth-order valence-corrected chi connectivity index (χ4v) is 1.17. The van der Waals surface area contributed by atoms with Gasteiger partial charge in [-0.25, -0.2) is 0 Å². The van der Waals surface area contributed by atoms with Gasteiger partial charge in [-0.3, -0.25) is 4.79 Å². The van der Waals surface area contributed by atoms with Gasteiger partial charge in [0.2, 0.25) is 0 Å². The monoisotopic (exact) mass is 213 g/mol. The number of nitriles is 1. The second-order valence-electron chi connectivity index (χ2n) is 3.46. The van der Waals surface area contributed by atoms with Crippen molar-refractivity contribution >= 4 is 5.97 Å². The van der Waals surface area contributed by atoms with Gasteiger partial charge in [0.05, 0.1) is 12.7 Å². The fourth-order valence-electron chi connectivity index (χ4n) is 1.17. The molecule has 0 saturated carbocycles. The first kappa shape index (κ1) is 13.9. The lowest BCUT2D eigenvalue weighted by molar-refractivity contribution is -0.151. The third kappa shape index (κ3) is 4.80. The number of carbonyl (C=O) groups is 1. The zero-order chi connectivity index (χ0) is 11.7. The molecule has 0 heterocycles. The Labute approximate surface area is 91.2 Å². The van der Waals surface area contributed by atoms with Crippen molar-refractivity contribution in [3.63, 3.8) is 0 Å². The summed E-state index contributed by atoms with van der Waals surface area (Å²) in [5, 5.41) is 8.95. The normalized spacial score (nSPS) is 14.0. The first-order chi connectivity index (χ1) is 7.10. The number of rotatable bonds is 7. The molecule has 0 aromatic rings. The first-order valence-corrected chi connectivity index (χ1v) is 5.27. The lowest BCUT2D eigenvalue weighted by Gasteiger charge is -2.18. The number of ether oxygens (including phenoxy) is 2. The van der Waals surface area contributed by atoms with Crippen LogP contribution in [0.2, 0.25) is 0 Å². The molecule has 0 N–H and O–H groups in total. The quantitative estimate of drug-likeness (QED) is 0.478. The molecule has 0 rings (SSSR count). The van der Waals surface area contributed by atoms with Crippen molar-refractivity contribution < 1.29 is 14.3 Å². The third-order valence-electron chi connectivity index (χ3n) is 2.14. The molecule has 0 spiro atoms. The highest BCUT2D eigenvalue weighted by Gasteiger charge is 2.34. The molecule has 0 aliphatic rings. The SMILES string of the molecule is CCOCCCC(C)(C#N)C(=O)OCC. The van der Waals surface area contributed by atoms with Crippen LogP contribution in [0, 0.1) is 16.7 Å². The molecule has 0 bridgehead atoms. The highest BCUT2D eigenvalue weighted by molar-refractivity contribution is 5.79. The maximum Gasteiger partial charge on any atom is 0.326 e. The van der Waals surface area contributed by atoms with Crippen molar-refractivity contribution in [3.05, 3.63) is 0 Å².